The van der Waals surface area contributed by atoms with Gasteiger partial charge in [0.15, 0.2) is 0 Å². The van der Waals surface area contributed by atoms with Crippen molar-refractivity contribution in [2.45, 2.75) is 59.3 Å². The molecule has 0 amide bonds. The molecule has 0 fully saturated rings. The number of phosphoric ester groups is 1. The van der Waals surface area contributed by atoms with Crippen molar-refractivity contribution in [3.05, 3.63) is 73.5 Å². The highest BCUT2D eigenvalue weighted by atomic mass is 31.2. The Morgan fingerprint density at radius 3 is 1.19 bits per heavy atom. The molecule has 0 saturated carbocycles. The van der Waals surface area contributed by atoms with Crippen LogP contribution in [-0.4, -0.2) is 0 Å². The van der Waals surface area contributed by atoms with E-state index < -0.39 is 7.82 Å². The fourth-order valence-electron chi connectivity index (χ4n) is 1.90. The second kappa shape index (κ2) is 14.3. The van der Waals surface area contributed by atoms with Crippen LogP contribution in [0.3, 0.4) is 0 Å². The maximum atomic E-state index is 13.0. The molecular weight excluding hydrogens is 347 g/mol. The Balaban J connectivity index is 4.93. The summed E-state index contributed by atoms with van der Waals surface area (Å²) >= 11 is 0. The van der Waals surface area contributed by atoms with Gasteiger partial charge in [0, 0.05) is 19.3 Å². The predicted molar refractivity (Wildman–Crippen MR) is 110 cm³/mol. The van der Waals surface area contributed by atoms with E-state index in [1.807, 2.05) is 57.2 Å². The van der Waals surface area contributed by atoms with Crippen LogP contribution in [0.4, 0.5) is 0 Å². The van der Waals surface area contributed by atoms with Crippen LogP contribution in [0.5, 0.6) is 0 Å². The summed E-state index contributed by atoms with van der Waals surface area (Å²) in [5, 5.41) is 0. The standard InChI is InChI=1S/C21H33O4P/c1-7-10-13-16-19(4)23-26(22,24-20(5)17-14-11-8-2)25-21(6)18-15-12-9-3/h7-12H,4-6,13-18H2,1-3H3/b10-7+,11-8+,12-9+. The second-order valence-electron chi connectivity index (χ2n) is 5.66. The smallest absolute Gasteiger partial charge is 0.391 e. The van der Waals surface area contributed by atoms with Crippen molar-refractivity contribution >= 4 is 7.82 Å². The Labute approximate surface area is 159 Å². The molecule has 0 saturated heterocycles. The van der Waals surface area contributed by atoms with Crippen LogP contribution in [0.15, 0.2) is 73.5 Å². The Hall–Kier alpha value is -1.93. The van der Waals surface area contributed by atoms with Crippen molar-refractivity contribution in [3.63, 3.8) is 0 Å². The quantitative estimate of drug-likeness (QED) is 0.165. The van der Waals surface area contributed by atoms with Gasteiger partial charge in [-0.25, -0.2) is 0 Å². The molecule has 0 rings (SSSR count). The Morgan fingerprint density at radius 1 is 0.692 bits per heavy atom. The average molecular weight is 380 g/mol. The van der Waals surface area contributed by atoms with Crippen LogP contribution in [0.1, 0.15) is 59.3 Å². The molecule has 0 aliphatic rings. The summed E-state index contributed by atoms with van der Waals surface area (Å²) in [6.45, 7) is 17.2. The summed E-state index contributed by atoms with van der Waals surface area (Å²) in [5.74, 6) is 1.02. The lowest BCUT2D eigenvalue weighted by atomic mass is 10.3. The Kier molecular flexibility index (Phi) is 13.2. The number of hydrogen-bond donors (Lipinski definition) is 0. The molecule has 0 aliphatic heterocycles. The van der Waals surface area contributed by atoms with E-state index in [0.29, 0.717) is 36.5 Å². The summed E-state index contributed by atoms with van der Waals surface area (Å²) in [7, 11) is -3.90. The zero-order chi connectivity index (χ0) is 19.8. The fourth-order valence-corrected chi connectivity index (χ4v) is 3.23. The van der Waals surface area contributed by atoms with Crippen molar-refractivity contribution in [2.75, 3.05) is 0 Å². The largest absolute Gasteiger partial charge is 0.646 e. The van der Waals surface area contributed by atoms with Gasteiger partial charge in [0.25, 0.3) is 0 Å². The molecule has 0 aliphatic carbocycles. The first-order valence-corrected chi connectivity index (χ1v) is 10.4. The van der Waals surface area contributed by atoms with Crippen molar-refractivity contribution in [2.24, 2.45) is 0 Å². The van der Waals surface area contributed by atoms with E-state index >= 15 is 0 Å². The van der Waals surface area contributed by atoms with E-state index in [0.717, 1.165) is 19.3 Å². The van der Waals surface area contributed by atoms with Gasteiger partial charge in [-0.05, 0) is 40.0 Å². The zero-order valence-electron chi connectivity index (χ0n) is 16.4. The van der Waals surface area contributed by atoms with E-state index in [1.54, 1.807) is 0 Å². The fraction of sp³-hybridized carbons (Fsp3) is 0.429. The van der Waals surface area contributed by atoms with Crippen molar-refractivity contribution in [3.8, 4) is 0 Å². The minimum atomic E-state index is -3.90. The normalized spacial score (nSPS) is 12.0. The van der Waals surface area contributed by atoms with Gasteiger partial charge in [0.05, 0.1) is 0 Å². The summed E-state index contributed by atoms with van der Waals surface area (Å²) in [4.78, 5) is 0. The lowest BCUT2D eigenvalue weighted by Crippen LogP contribution is -2.00. The third kappa shape index (κ3) is 12.4. The van der Waals surface area contributed by atoms with Gasteiger partial charge in [-0.2, -0.15) is 4.57 Å². The van der Waals surface area contributed by atoms with E-state index in [2.05, 4.69) is 19.7 Å². The number of hydrogen-bond acceptors (Lipinski definition) is 4. The van der Waals surface area contributed by atoms with E-state index in [4.69, 9.17) is 13.6 Å². The highest BCUT2D eigenvalue weighted by Crippen LogP contribution is 2.55. The maximum Gasteiger partial charge on any atom is 0.646 e. The highest BCUT2D eigenvalue weighted by Gasteiger charge is 2.33. The van der Waals surface area contributed by atoms with Crippen LogP contribution < -0.4 is 0 Å². The molecule has 26 heavy (non-hydrogen) atoms. The summed E-state index contributed by atoms with van der Waals surface area (Å²) in [6.07, 6.45) is 15.5. The molecule has 0 atom stereocenters. The SMILES string of the molecule is C=C(CC/C=C/C)OP(=O)(OC(=C)CC/C=C/C)OC(=C)CC/C=C/C. The van der Waals surface area contributed by atoms with Crippen molar-refractivity contribution in [1.29, 1.82) is 0 Å². The van der Waals surface area contributed by atoms with Gasteiger partial charge in [0.2, 0.25) is 0 Å². The predicted octanol–water partition coefficient (Wildman–Crippen LogP) is 7.75. The molecular formula is C21H33O4P. The second-order valence-corrected chi connectivity index (χ2v) is 7.10. The van der Waals surface area contributed by atoms with Gasteiger partial charge < -0.3 is 13.6 Å². The average Bonchev–Trinajstić information content (AvgIpc) is 2.55. The Morgan fingerprint density at radius 2 is 0.962 bits per heavy atom. The van der Waals surface area contributed by atoms with Gasteiger partial charge in [0.1, 0.15) is 17.3 Å². The summed E-state index contributed by atoms with van der Waals surface area (Å²) in [6, 6.07) is 0. The first kappa shape index (κ1) is 24.1. The van der Waals surface area contributed by atoms with Gasteiger partial charge in [-0.3, -0.25) is 0 Å². The first-order valence-electron chi connectivity index (χ1n) is 8.92. The lowest BCUT2D eigenvalue weighted by Gasteiger charge is -2.22. The first-order chi connectivity index (χ1) is 12.4. The molecule has 0 heterocycles. The molecule has 0 spiro atoms. The maximum absolute atomic E-state index is 13.0. The highest BCUT2D eigenvalue weighted by molar-refractivity contribution is 7.48. The molecule has 4 nitrogen and oxygen atoms in total. The van der Waals surface area contributed by atoms with Gasteiger partial charge in [-0.1, -0.05) is 56.2 Å². The van der Waals surface area contributed by atoms with Gasteiger partial charge in [-0.15, -0.1) is 0 Å². The topological polar surface area (TPSA) is 44.8 Å². The molecule has 0 N–H and O–H groups in total. The van der Waals surface area contributed by atoms with Crippen LogP contribution in [0.25, 0.3) is 0 Å². The number of allylic oxidation sites excluding steroid dienone is 9. The minimum absolute atomic E-state index is 0.342. The van der Waals surface area contributed by atoms with Crippen LogP contribution in [-0.2, 0) is 18.1 Å². The lowest BCUT2D eigenvalue weighted by molar-refractivity contribution is 0.185. The third-order valence-corrected chi connectivity index (χ3v) is 4.64. The molecule has 0 unspecified atom stereocenters. The zero-order valence-corrected chi connectivity index (χ0v) is 17.3. The van der Waals surface area contributed by atoms with Crippen LogP contribution >= 0.6 is 7.82 Å². The monoisotopic (exact) mass is 380 g/mol. The van der Waals surface area contributed by atoms with Crippen LogP contribution in [0, 0.1) is 0 Å². The molecule has 0 bridgehead atoms. The molecule has 0 aromatic carbocycles. The van der Waals surface area contributed by atoms with Gasteiger partial charge >= 0.3 is 7.82 Å². The van der Waals surface area contributed by atoms with Crippen molar-refractivity contribution < 1.29 is 18.1 Å². The third-order valence-electron chi connectivity index (χ3n) is 3.20. The molecule has 5 heteroatoms. The molecule has 0 aromatic heterocycles. The van der Waals surface area contributed by atoms with E-state index in [1.165, 1.54) is 0 Å². The minimum Gasteiger partial charge on any atom is -0.391 e. The molecule has 0 aromatic rings. The summed E-state index contributed by atoms with van der Waals surface area (Å²) in [5.41, 5.74) is 0. The Bertz CT molecular complexity index is 504. The molecule has 146 valence electrons. The van der Waals surface area contributed by atoms with E-state index in [-0.39, 0.29) is 0 Å². The van der Waals surface area contributed by atoms with Crippen LogP contribution in [0.2, 0.25) is 0 Å². The number of phosphoric acid groups is 1. The number of rotatable bonds is 15. The van der Waals surface area contributed by atoms with Crippen molar-refractivity contribution in [1.82, 2.24) is 0 Å². The van der Waals surface area contributed by atoms with E-state index in [9.17, 15) is 4.57 Å². The molecule has 0 radical (unpaired) electrons. The summed E-state index contributed by atoms with van der Waals surface area (Å²) < 4.78 is 29.4.